The third kappa shape index (κ3) is 2.96. The van der Waals surface area contributed by atoms with Gasteiger partial charge in [-0.1, -0.05) is 59.8 Å². The molecule has 16 heavy (non-hydrogen) atoms. The summed E-state index contributed by atoms with van der Waals surface area (Å²) in [5.74, 6) is 0. The number of rotatable bonds is 4. The van der Waals surface area contributed by atoms with Crippen LogP contribution in [0.2, 0.25) is 0 Å². The molecular weight excluding hydrogens is 313 g/mol. The van der Waals surface area contributed by atoms with Crippen molar-refractivity contribution < 1.29 is 4.84 Å². The fraction of sp³-hybridized carbons (Fsp3) is 0.538. The zero-order chi connectivity index (χ0) is 11.4. The molecule has 0 amide bonds. The van der Waals surface area contributed by atoms with E-state index < -0.39 is 0 Å². The Morgan fingerprint density at radius 1 is 1.38 bits per heavy atom. The Morgan fingerprint density at radius 3 is 2.75 bits per heavy atom. The monoisotopic (exact) mass is 331 g/mol. The summed E-state index contributed by atoms with van der Waals surface area (Å²) >= 11 is 2.41. The molecule has 1 saturated heterocycles. The molecule has 0 N–H and O–H groups in total. The van der Waals surface area contributed by atoms with Gasteiger partial charge in [-0.25, -0.2) is 0 Å². The molecule has 0 unspecified atom stereocenters. The minimum absolute atomic E-state index is 0.411. The van der Waals surface area contributed by atoms with Crippen LogP contribution in [0, 0.1) is 0 Å². The Balaban J connectivity index is 1.98. The predicted octanol–water partition coefficient (Wildman–Crippen LogP) is 3.41. The summed E-state index contributed by atoms with van der Waals surface area (Å²) in [6.07, 6.45) is 2.75. The average Bonchev–Trinajstić information content (AvgIpc) is 2.73. The molecule has 2 rings (SSSR count). The molecule has 1 aliphatic rings. The molecular formula is C13H18INO. The lowest BCUT2D eigenvalue weighted by Crippen LogP contribution is -2.27. The van der Waals surface area contributed by atoms with Gasteiger partial charge >= 0.3 is 0 Å². The molecule has 1 heterocycles. The van der Waals surface area contributed by atoms with Crippen molar-refractivity contribution in [1.82, 2.24) is 5.06 Å². The summed E-state index contributed by atoms with van der Waals surface area (Å²) in [7, 11) is 0. The third-order valence-electron chi connectivity index (χ3n) is 3.05. The van der Waals surface area contributed by atoms with Gasteiger partial charge in [0.2, 0.25) is 0 Å². The summed E-state index contributed by atoms with van der Waals surface area (Å²) in [6.45, 7) is 3.15. The molecule has 0 aromatic heterocycles. The first-order valence-corrected chi connectivity index (χ1v) is 7.39. The molecule has 0 spiro atoms. The van der Waals surface area contributed by atoms with Gasteiger partial charge in [-0.3, -0.25) is 4.84 Å². The lowest BCUT2D eigenvalue weighted by molar-refractivity contribution is -0.163. The number of halogens is 1. The quantitative estimate of drug-likeness (QED) is 0.619. The second kappa shape index (κ2) is 5.98. The predicted molar refractivity (Wildman–Crippen MR) is 74.4 cm³/mol. The van der Waals surface area contributed by atoms with Crippen molar-refractivity contribution in [3.05, 3.63) is 35.9 Å². The van der Waals surface area contributed by atoms with Crippen LogP contribution < -0.4 is 0 Å². The highest BCUT2D eigenvalue weighted by molar-refractivity contribution is 14.1. The number of hydroxylamine groups is 2. The van der Waals surface area contributed by atoms with E-state index >= 15 is 0 Å². The first-order valence-electron chi connectivity index (χ1n) is 5.86. The fourth-order valence-electron chi connectivity index (χ4n) is 2.13. The van der Waals surface area contributed by atoms with E-state index in [0.29, 0.717) is 12.1 Å². The van der Waals surface area contributed by atoms with E-state index in [4.69, 9.17) is 4.84 Å². The van der Waals surface area contributed by atoms with Gasteiger partial charge in [0.05, 0.1) is 6.10 Å². The van der Waals surface area contributed by atoms with Gasteiger partial charge in [0.1, 0.15) is 0 Å². The standard InChI is InChI=1S/C13H18INO/c1-2-12-8-13(9-14)16-15(12)10-11-6-4-3-5-7-11/h3-7,12-13H,2,8-10H2,1H3/t12-,13+/m1/s1. The largest absolute Gasteiger partial charge is 0.294 e. The van der Waals surface area contributed by atoms with E-state index in [0.717, 1.165) is 11.0 Å². The highest BCUT2D eigenvalue weighted by Gasteiger charge is 2.31. The first kappa shape index (κ1) is 12.3. The lowest BCUT2D eigenvalue weighted by Gasteiger charge is -2.21. The number of nitrogens with zero attached hydrogens (tertiary/aromatic N) is 1. The summed E-state index contributed by atoms with van der Waals surface area (Å²) < 4.78 is 1.08. The molecule has 1 aromatic rings. The molecule has 3 heteroatoms. The number of alkyl halides is 1. The Labute approximate surface area is 111 Å². The zero-order valence-corrected chi connectivity index (χ0v) is 11.8. The summed E-state index contributed by atoms with van der Waals surface area (Å²) in [6, 6.07) is 11.1. The molecule has 0 radical (unpaired) electrons. The van der Waals surface area contributed by atoms with E-state index in [1.165, 1.54) is 18.4 Å². The van der Waals surface area contributed by atoms with Gasteiger partial charge in [0.15, 0.2) is 0 Å². The second-order valence-corrected chi connectivity index (χ2v) is 5.12. The minimum Gasteiger partial charge on any atom is -0.294 e. The Morgan fingerprint density at radius 2 is 2.12 bits per heavy atom. The molecule has 1 aromatic carbocycles. The molecule has 0 bridgehead atoms. The van der Waals surface area contributed by atoms with E-state index in [-0.39, 0.29) is 0 Å². The summed E-state index contributed by atoms with van der Waals surface area (Å²) in [5.41, 5.74) is 1.33. The van der Waals surface area contributed by atoms with Gasteiger partial charge in [-0.2, -0.15) is 5.06 Å². The maximum absolute atomic E-state index is 5.94. The third-order valence-corrected chi connectivity index (χ3v) is 4.03. The van der Waals surface area contributed by atoms with Crippen molar-refractivity contribution in [2.75, 3.05) is 4.43 Å². The van der Waals surface area contributed by atoms with Gasteiger partial charge in [-0.05, 0) is 18.4 Å². The van der Waals surface area contributed by atoms with Gasteiger partial charge < -0.3 is 0 Å². The highest BCUT2D eigenvalue weighted by Crippen LogP contribution is 2.26. The highest BCUT2D eigenvalue weighted by atomic mass is 127. The Hall–Kier alpha value is -0.130. The van der Waals surface area contributed by atoms with Crippen LogP contribution in [0.15, 0.2) is 30.3 Å². The average molecular weight is 331 g/mol. The van der Waals surface area contributed by atoms with Gasteiger partial charge in [0, 0.05) is 17.0 Å². The van der Waals surface area contributed by atoms with Crippen molar-refractivity contribution in [2.45, 2.75) is 38.5 Å². The van der Waals surface area contributed by atoms with Crippen LogP contribution in [0.1, 0.15) is 25.3 Å². The topological polar surface area (TPSA) is 12.5 Å². The van der Waals surface area contributed by atoms with E-state index in [2.05, 4.69) is 64.9 Å². The molecule has 88 valence electrons. The Bertz CT molecular complexity index is 317. The van der Waals surface area contributed by atoms with Crippen LogP contribution in [0.5, 0.6) is 0 Å². The normalized spacial score (nSPS) is 26.1. The first-order chi connectivity index (χ1) is 7.83. The van der Waals surface area contributed by atoms with Gasteiger partial charge in [0.25, 0.3) is 0 Å². The Kier molecular flexibility index (Phi) is 4.61. The minimum atomic E-state index is 0.411. The summed E-state index contributed by atoms with van der Waals surface area (Å²) in [5, 5.41) is 2.17. The van der Waals surface area contributed by atoms with Crippen molar-refractivity contribution >= 4 is 22.6 Å². The fourth-order valence-corrected chi connectivity index (χ4v) is 2.65. The van der Waals surface area contributed by atoms with Crippen LogP contribution in [0.25, 0.3) is 0 Å². The molecule has 0 aliphatic carbocycles. The number of benzene rings is 1. The van der Waals surface area contributed by atoms with Crippen molar-refractivity contribution in [3.63, 3.8) is 0 Å². The van der Waals surface area contributed by atoms with Crippen LogP contribution in [0.4, 0.5) is 0 Å². The van der Waals surface area contributed by atoms with Crippen LogP contribution in [-0.2, 0) is 11.4 Å². The van der Waals surface area contributed by atoms with Crippen LogP contribution in [0.3, 0.4) is 0 Å². The van der Waals surface area contributed by atoms with Crippen LogP contribution >= 0.6 is 22.6 Å². The maximum atomic E-state index is 5.94. The van der Waals surface area contributed by atoms with Crippen molar-refractivity contribution in [3.8, 4) is 0 Å². The summed E-state index contributed by atoms with van der Waals surface area (Å²) in [4.78, 5) is 5.94. The lowest BCUT2D eigenvalue weighted by atomic mass is 10.1. The second-order valence-electron chi connectivity index (χ2n) is 4.24. The maximum Gasteiger partial charge on any atom is 0.0898 e. The number of hydrogen-bond donors (Lipinski definition) is 0. The van der Waals surface area contributed by atoms with Crippen molar-refractivity contribution in [1.29, 1.82) is 0 Å². The van der Waals surface area contributed by atoms with E-state index in [9.17, 15) is 0 Å². The zero-order valence-electron chi connectivity index (χ0n) is 9.60. The number of hydrogen-bond acceptors (Lipinski definition) is 2. The van der Waals surface area contributed by atoms with Gasteiger partial charge in [-0.15, -0.1) is 0 Å². The SMILES string of the molecule is CC[C@@H]1C[C@@H](CI)ON1Cc1ccccc1. The molecule has 2 nitrogen and oxygen atoms in total. The van der Waals surface area contributed by atoms with E-state index in [1.54, 1.807) is 0 Å². The molecule has 1 fully saturated rings. The molecule has 1 aliphatic heterocycles. The van der Waals surface area contributed by atoms with E-state index in [1.807, 2.05) is 0 Å². The van der Waals surface area contributed by atoms with Crippen molar-refractivity contribution in [2.24, 2.45) is 0 Å². The molecule has 0 saturated carbocycles. The van der Waals surface area contributed by atoms with Crippen LogP contribution in [-0.4, -0.2) is 21.6 Å². The molecule has 2 atom stereocenters. The smallest absolute Gasteiger partial charge is 0.0898 e.